The summed E-state index contributed by atoms with van der Waals surface area (Å²) in [6.45, 7) is 10.5. The summed E-state index contributed by atoms with van der Waals surface area (Å²) in [7, 11) is -2.14. The molecular weight excluding hydrogens is 151 g/mol. The van der Waals surface area contributed by atoms with Gasteiger partial charge in [0.05, 0.1) is 13.2 Å². The van der Waals surface area contributed by atoms with E-state index in [1.165, 1.54) is 0 Å². The zero-order valence-electron chi connectivity index (χ0n) is 6.55. The molecule has 0 aliphatic rings. The Hall–Kier alpha value is -0.110. The molecule has 0 heterocycles. The zero-order chi connectivity index (χ0) is 8.41. The first-order valence-corrected chi connectivity index (χ1v) is 4.33. The summed E-state index contributed by atoms with van der Waals surface area (Å²) >= 11 is 0. The standard InChI is InChI=1S/C4H11O3P.C2H4/c1-3-6-8(5)7-4-2;1-2/h8H,3-4H2,1-2H3;1-2H2. The van der Waals surface area contributed by atoms with Crippen LogP contribution in [0.15, 0.2) is 13.2 Å². The Morgan fingerprint density at radius 2 is 1.50 bits per heavy atom. The van der Waals surface area contributed by atoms with E-state index in [4.69, 9.17) is 0 Å². The Balaban J connectivity index is 0. The monoisotopic (exact) mass is 166 g/mol. The van der Waals surface area contributed by atoms with Crippen LogP contribution in [-0.4, -0.2) is 13.2 Å². The second-order valence-electron chi connectivity index (χ2n) is 1.12. The van der Waals surface area contributed by atoms with E-state index >= 15 is 0 Å². The van der Waals surface area contributed by atoms with E-state index in [0.717, 1.165) is 0 Å². The van der Waals surface area contributed by atoms with Gasteiger partial charge in [0.25, 0.3) is 0 Å². The van der Waals surface area contributed by atoms with E-state index in [0.29, 0.717) is 13.2 Å². The van der Waals surface area contributed by atoms with Gasteiger partial charge in [-0.1, -0.05) is 0 Å². The molecule has 0 amide bonds. The first-order chi connectivity index (χ1) is 4.81. The van der Waals surface area contributed by atoms with Gasteiger partial charge in [-0.2, -0.15) is 0 Å². The van der Waals surface area contributed by atoms with Crippen LogP contribution in [0.1, 0.15) is 13.8 Å². The molecule has 0 aliphatic heterocycles. The van der Waals surface area contributed by atoms with Crippen LogP contribution in [0.2, 0.25) is 0 Å². The fraction of sp³-hybridized carbons (Fsp3) is 0.667. The Morgan fingerprint density at radius 3 is 1.70 bits per heavy atom. The summed E-state index contributed by atoms with van der Waals surface area (Å²) < 4.78 is 19.6. The van der Waals surface area contributed by atoms with Crippen molar-refractivity contribution in [2.75, 3.05) is 13.2 Å². The first-order valence-electron chi connectivity index (χ1n) is 3.10. The van der Waals surface area contributed by atoms with E-state index in [2.05, 4.69) is 22.2 Å². The van der Waals surface area contributed by atoms with E-state index < -0.39 is 8.25 Å². The highest BCUT2D eigenvalue weighted by atomic mass is 31.1. The van der Waals surface area contributed by atoms with Gasteiger partial charge in [-0.3, -0.25) is 4.57 Å². The molecule has 0 N–H and O–H groups in total. The van der Waals surface area contributed by atoms with Gasteiger partial charge in [0.15, 0.2) is 0 Å². The molecule has 0 aliphatic carbocycles. The molecule has 0 saturated carbocycles. The minimum Gasteiger partial charge on any atom is -0.311 e. The van der Waals surface area contributed by atoms with E-state index in [1.54, 1.807) is 13.8 Å². The van der Waals surface area contributed by atoms with Crippen molar-refractivity contribution in [3.05, 3.63) is 13.2 Å². The third kappa shape index (κ3) is 10.8. The van der Waals surface area contributed by atoms with Gasteiger partial charge in [0.2, 0.25) is 0 Å². The summed E-state index contributed by atoms with van der Waals surface area (Å²) in [4.78, 5) is 0. The molecule has 0 bridgehead atoms. The van der Waals surface area contributed by atoms with Crippen molar-refractivity contribution in [1.82, 2.24) is 0 Å². The third-order valence-electron chi connectivity index (χ3n) is 0.524. The highest BCUT2D eigenvalue weighted by Gasteiger charge is 1.91. The van der Waals surface area contributed by atoms with Crippen LogP contribution >= 0.6 is 8.25 Å². The largest absolute Gasteiger partial charge is 0.319 e. The average Bonchev–Trinajstić information content (AvgIpc) is 1.93. The number of hydrogen-bond acceptors (Lipinski definition) is 3. The maximum absolute atomic E-state index is 10.4. The van der Waals surface area contributed by atoms with Crippen molar-refractivity contribution in [2.24, 2.45) is 0 Å². The lowest BCUT2D eigenvalue weighted by atomic mass is 10.9. The Morgan fingerprint density at radius 1 is 1.20 bits per heavy atom. The van der Waals surface area contributed by atoms with Crippen molar-refractivity contribution >= 4 is 8.25 Å². The van der Waals surface area contributed by atoms with Crippen LogP contribution in [0.5, 0.6) is 0 Å². The van der Waals surface area contributed by atoms with Gasteiger partial charge >= 0.3 is 8.25 Å². The lowest BCUT2D eigenvalue weighted by Crippen LogP contribution is -1.81. The molecule has 10 heavy (non-hydrogen) atoms. The molecule has 0 unspecified atom stereocenters. The molecule has 0 aromatic carbocycles. The van der Waals surface area contributed by atoms with Crippen LogP contribution in [0, 0.1) is 0 Å². The summed E-state index contributed by atoms with van der Waals surface area (Å²) in [6, 6.07) is 0. The topological polar surface area (TPSA) is 35.5 Å². The first kappa shape index (κ1) is 12.6. The molecule has 0 atom stereocenters. The van der Waals surface area contributed by atoms with Crippen molar-refractivity contribution in [2.45, 2.75) is 13.8 Å². The second-order valence-corrected chi connectivity index (χ2v) is 2.19. The number of hydrogen-bond donors (Lipinski definition) is 0. The van der Waals surface area contributed by atoms with Crippen molar-refractivity contribution in [3.8, 4) is 0 Å². The molecule has 0 aromatic heterocycles. The Bertz CT molecular complexity index is 77.1. The van der Waals surface area contributed by atoms with Gasteiger partial charge in [-0.15, -0.1) is 13.2 Å². The highest BCUT2D eigenvalue weighted by molar-refractivity contribution is 7.33. The summed E-state index contributed by atoms with van der Waals surface area (Å²) in [5.41, 5.74) is 0. The molecule has 0 saturated heterocycles. The highest BCUT2D eigenvalue weighted by Crippen LogP contribution is 2.21. The minimum atomic E-state index is -2.14. The van der Waals surface area contributed by atoms with Crippen LogP contribution in [0.25, 0.3) is 0 Å². The van der Waals surface area contributed by atoms with Crippen molar-refractivity contribution < 1.29 is 13.6 Å². The van der Waals surface area contributed by atoms with Crippen molar-refractivity contribution in [3.63, 3.8) is 0 Å². The van der Waals surface area contributed by atoms with Crippen LogP contribution < -0.4 is 0 Å². The normalized spacial score (nSPS) is 8.70. The van der Waals surface area contributed by atoms with Gasteiger partial charge in [-0.05, 0) is 13.8 Å². The maximum atomic E-state index is 10.4. The van der Waals surface area contributed by atoms with Crippen LogP contribution in [0.3, 0.4) is 0 Å². The van der Waals surface area contributed by atoms with E-state index in [-0.39, 0.29) is 0 Å². The van der Waals surface area contributed by atoms with Gasteiger partial charge in [-0.25, -0.2) is 0 Å². The van der Waals surface area contributed by atoms with Gasteiger partial charge < -0.3 is 9.05 Å². The Kier molecular flexibility index (Phi) is 14.6. The maximum Gasteiger partial charge on any atom is 0.319 e. The quantitative estimate of drug-likeness (QED) is 0.474. The third-order valence-corrected chi connectivity index (χ3v) is 1.57. The molecule has 0 radical (unpaired) electrons. The van der Waals surface area contributed by atoms with E-state index in [1.807, 2.05) is 0 Å². The van der Waals surface area contributed by atoms with Gasteiger partial charge in [0, 0.05) is 0 Å². The smallest absolute Gasteiger partial charge is 0.311 e. The number of rotatable bonds is 4. The predicted molar refractivity (Wildman–Crippen MR) is 43.5 cm³/mol. The Labute approximate surface area is 63.0 Å². The molecule has 0 aromatic rings. The molecule has 0 rings (SSSR count). The predicted octanol–water partition coefficient (Wildman–Crippen LogP) is 2.25. The SMILES string of the molecule is C=C.CCO[PH](=O)OCC. The molecule has 3 nitrogen and oxygen atoms in total. The average molecular weight is 166 g/mol. The second kappa shape index (κ2) is 11.7. The fourth-order valence-electron chi connectivity index (χ4n) is 0.277. The summed E-state index contributed by atoms with van der Waals surface area (Å²) in [6.07, 6.45) is 0. The molecule has 4 heteroatoms. The lowest BCUT2D eigenvalue weighted by Gasteiger charge is -1.97. The van der Waals surface area contributed by atoms with Crippen molar-refractivity contribution in [1.29, 1.82) is 0 Å². The van der Waals surface area contributed by atoms with Crippen LogP contribution in [0.4, 0.5) is 0 Å². The molecular formula is C6H15O3P. The molecule has 0 spiro atoms. The van der Waals surface area contributed by atoms with E-state index in [9.17, 15) is 4.57 Å². The molecule has 0 fully saturated rings. The zero-order valence-corrected chi connectivity index (χ0v) is 7.55. The minimum absolute atomic E-state index is 0.456. The fourth-order valence-corrected chi connectivity index (χ4v) is 0.832. The lowest BCUT2D eigenvalue weighted by molar-refractivity contribution is 0.243. The van der Waals surface area contributed by atoms with Crippen LogP contribution in [-0.2, 0) is 13.6 Å². The van der Waals surface area contributed by atoms with Gasteiger partial charge in [0.1, 0.15) is 0 Å². The summed E-state index contributed by atoms with van der Waals surface area (Å²) in [5, 5.41) is 0. The molecule has 62 valence electrons. The summed E-state index contributed by atoms with van der Waals surface area (Å²) in [5.74, 6) is 0.